The van der Waals surface area contributed by atoms with Crippen LogP contribution in [0.25, 0.3) is 0 Å². The van der Waals surface area contributed by atoms with Crippen LogP contribution in [-0.4, -0.2) is 36.1 Å². The molecule has 1 atom stereocenters. The van der Waals surface area contributed by atoms with Gasteiger partial charge in [0.05, 0.1) is 6.20 Å². The number of likely N-dealkylation sites (N-methyl/N-ethyl adjacent to an activating group) is 1. The zero-order valence-corrected chi connectivity index (χ0v) is 8.57. The van der Waals surface area contributed by atoms with Gasteiger partial charge in [-0.15, -0.1) is 0 Å². The average Bonchev–Trinajstić information content (AvgIpc) is 2.56. The molecule has 1 aliphatic rings. The van der Waals surface area contributed by atoms with Crippen LogP contribution in [-0.2, 0) is 0 Å². The fraction of sp³-hybridized carbons (Fsp3) is 0.700. The second kappa shape index (κ2) is 4.46. The summed E-state index contributed by atoms with van der Waals surface area (Å²) in [5.41, 5.74) is 0. The molecule has 0 amide bonds. The van der Waals surface area contributed by atoms with Crippen molar-refractivity contribution < 1.29 is 4.42 Å². The summed E-state index contributed by atoms with van der Waals surface area (Å²) < 4.78 is 5.17. The van der Waals surface area contributed by atoms with Gasteiger partial charge in [0.25, 0.3) is 0 Å². The molecule has 2 heterocycles. The molecular weight excluding hydrogens is 178 g/mol. The lowest BCUT2D eigenvalue weighted by Crippen LogP contribution is -2.32. The maximum Gasteiger partial charge on any atom is 0.213 e. The van der Waals surface area contributed by atoms with Gasteiger partial charge in [-0.1, -0.05) is 6.42 Å². The van der Waals surface area contributed by atoms with Gasteiger partial charge >= 0.3 is 0 Å². The van der Waals surface area contributed by atoms with Gasteiger partial charge < -0.3 is 14.6 Å². The lowest BCUT2D eigenvalue weighted by atomic mass is 10.1. The molecule has 0 radical (unpaired) electrons. The first-order valence-corrected chi connectivity index (χ1v) is 5.18. The van der Waals surface area contributed by atoms with Crippen LogP contribution in [0.1, 0.15) is 19.3 Å². The first-order valence-electron chi connectivity index (χ1n) is 5.18. The summed E-state index contributed by atoms with van der Waals surface area (Å²) in [7, 11) is 2.17. The lowest BCUT2D eigenvalue weighted by molar-refractivity contribution is 0.337. The third-order valence-electron chi connectivity index (χ3n) is 2.65. The van der Waals surface area contributed by atoms with E-state index in [1.807, 2.05) is 0 Å². The SMILES string of the molecule is CN1CCCCC(Nc2cnco2)C1. The molecule has 1 aromatic rings. The minimum absolute atomic E-state index is 0.496. The standard InChI is InChI=1S/C10H17N3O/c1-13-5-3-2-4-9(7-13)12-10-6-11-8-14-10/h6,8-9,12H,2-5,7H2,1H3. The lowest BCUT2D eigenvalue weighted by Gasteiger charge is -2.20. The molecular formula is C10H17N3O. The van der Waals surface area contributed by atoms with Gasteiger partial charge in [0, 0.05) is 12.6 Å². The summed E-state index contributed by atoms with van der Waals surface area (Å²) in [6, 6.07) is 0.496. The van der Waals surface area contributed by atoms with Crippen LogP contribution in [0.5, 0.6) is 0 Å². The first kappa shape index (κ1) is 9.52. The van der Waals surface area contributed by atoms with Crippen LogP contribution < -0.4 is 5.32 Å². The summed E-state index contributed by atoms with van der Waals surface area (Å²) in [4.78, 5) is 6.25. The molecule has 0 aliphatic carbocycles. The van der Waals surface area contributed by atoms with Gasteiger partial charge in [-0.05, 0) is 26.4 Å². The van der Waals surface area contributed by atoms with Gasteiger partial charge in [0.15, 0.2) is 6.39 Å². The Labute approximate surface area is 84.3 Å². The van der Waals surface area contributed by atoms with Gasteiger partial charge in [-0.25, -0.2) is 4.98 Å². The molecule has 1 saturated heterocycles. The molecule has 0 bridgehead atoms. The first-order chi connectivity index (χ1) is 6.84. The highest BCUT2D eigenvalue weighted by Gasteiger charge is 2.15. The molecule has 0 saturated carbocycles. The van der Waals surface area contributed by atoms with Crippen LogP contribution in [0.2, 0.25) is 0 Å². The molecule has 1 unspecified atom stereocenters. The van der Waals surface area contributed by atoms with Crippen molar-refractivity contribution in [3.05, 3.63) is 12.6 Å². The molecule has 4 heteroatoms. The van der Waals surface area contributed by atoms with E-state index in [4.69, 9.17) is 4.42 Å². The Hall–Kier alpha value is -1.03. The Morgan fingerprint density at radius 3 is 3.29 bits per heavy atom. The summed E-state index contributed by atoms with van der Waals surface area (Å²) in [5.74, 6) is 0.783. The molecule has 14 heavy (non-hydrogen) atoms. The number of hydrogen-bond donors (Lipinski definition) is 1. The number of nitrogens with zero attached hydrogens (tertiary/aromatic N) is 2. The van der Waals surface area contributed by atoms with Crippen LogP contribution >= 0.6 is 0 Å². The summed E-state index contributed by atoms with van der Waals surface area (Å²) in [6.07, 6.45) is 6.99. The van der Waals surface area contributed by atoms with E-state index in [0.29, 0.717) is 6.04 Å². The summed E-state index contributed by atoms with van der Waals surface area (Å²) in [6.45, 7) is 2.29. The number of likely N-dealkylation sites (tertiary alicyclic amines) is 1. The van der Waals surface area contributed by atoms with Crippen molar-refractivity contribution in [2.24, 2.45) is 0 Å². The molecule has 1 aliphatic heterocycles. The third kappa shape index (κ3) is 2.48. The molecule has 0 spiro atoms. The second-order valence-corrected chi connectivity index (χ2v) is 3.96. The maximum absolute atomic E-state index is 5.17. The number of rotatable bonds is 2. The van der Waals surface area contributed by atoms with E-state index in [1.165, 1.54) is 32.2 Å². The number of oxazole rings is 1. The highest BCUT2D eigenvalue weighted by Crippen LogP contribution is 2.14. The van der Waals surface area contributed by atoms with E-state index >= 15 is 0 Å². The van der Waals surface area contributed by atoms with Crippen molar-refractivity contribution in [2.75, 3.05) is 25.5 Å². The number of hydrogen-bond acceptors (Lipinski definition) is 4. The molecule has 78 valence electrons. The van der Waals surface area contributed by atoms with Crippen LogP contribution in [0.4, 0.5) is 5.88 Å². The van der Waals surface area contributed by atoms with Crippen molar-refractivity contribution in [1.29, 1.82) is 0 Å². The number of anilines is 1. The average molecular weight is 195 g/mol. The van der Waals surface area contributed by atoms with Crippen LogP contribution in [0.3, 0.4) is 0 Å². The number of aromatic nitrogens is 1. The van der Waals surface area contributed by atoms with Gasteiger partial charge in [0.1, 0.15) is 0 Å². The molecule has 1 aromatic heterocycles. The predicted molar refractivity (Wildman–Crippen MR) is 55.3 cm³/mol. The Morgan fingerprint density at radius 1 is 1.57 bits per heavy atom. The maximum atomic E-state index is 5.17. The monoisotopic (exact) mass is 195 g/mol. The van der Waals surface area contributed by atoms with E-state index in [2.05, 4.69) is 22.2 Å². The van der Waals surface area contributed by atoms with Crippen molar-refractivity contribution >= 4 is 5.88 Å². The largest absolute Gasteiger partial charge is 0.428 e. The van der Waals surface area contributed by atoms with E-state index in [-0.39, 0.29) is 0 Å². The van der Waals surface area contributed by atoms with Crippen molar-refractivity contribution in [3.8, 4) is 0 Å². The minimum atomic E-state index is 0.496. The van der Waals surface area contributed by atoms with Gasteiger partial charge in [0.2, 0.25) is 5.88 Å². The third-order valence-corrected chi connectivity index (χ3v) is 2.65. The fourth-order valence-corrected chi connectivity index (χ4v) is 1.94. The second-order valence-electron chi connectivity index (χ2n) is 3.96. The van der Waals surface area contributed by atoms with Crippen LogP contribution in [0.15, 0.2) is 17.0 Å². The Morgan fingerprint density at radius 2 is 2.50 bits per heavy atom. The summed E-state index contributed by atoms with van der Waals surface area (Å²) in [5, 5.41) is 3.36. The van der Waals surface area contributed by atoms with Crippen LogP contribution in [0, 0.1) is 0 Å². The topological polar surface area (TPSA) is 41.3 Å². The van der Waals surface area contributed by atoms with Crippen molar-refractivity contribution in [1.82, 2.24) is 9.88 Å². The van der Waals surface area contributed by atoms with E-state index < -0.39 is 0 Å². The molecule has 2 rings (SSSR count). The summed E-state index contributed by atoms with van der Waals surface area (Å²) >= 11 is 0. The molecule has 0 aromatic carbocycles. The van der Waals surface area contributed by atoms with Crippen molar-refractivity contribution in [2.45, 2.75) is 25.3 Å². The zero-order valence-electron chi connectivity index (χ0n) is 8.57. The van der Waals surface area contributed by atoms with E-state index in [0.717, 1.165) is 12.4 Å². The van der Waals surface area contributed by atoms with Gasteiger partial charge in [-0.2, -0.15) is 0 Å². The molecule has 4 nitrogen and oxygen atoms in total. The van der Waals surface area contributed by atoms with Gasteiger partial charge in [-0.3, -0.25) is 0 Å². The normalized spacial score (nSPS) is 24.5. The Bertz CT molecular complexity index is 260. The minimum Gasteiger partial charge on any atom is -0.428 e. The van der Waals surface area contributed by atoms with Crippen molar-refractivity contribution in [3.63, 3.8) is 0 Å². The van der Waals surface area contributed by atoms with E-state index in [9.17, 15) is 0 Å². The quantitative estimate of drug-likeness (QED) is 0.777. The molecule has 1 fully saturated rings. The zero-order chi connectivity index (χ0) is 9.80. The fourth-order valence-electron chi connectivity index (χ4n) is 1.94. The highest BCUT2D eigenvalue weighted by molar-refractivity contribution is 5.27. The smallest absolute Gasteiger partial charge is 0.213 e. The Kier molecular flexibility index (Phi) is 3.03. The number of nitrogens with one attached hydrogen (secondary N) is 1. The Balaban J connectivity index is 1.90. The predicted octanol–water partition coefficient (Wildman–Crippen LogP) is 1.57. The highest BCUT2D eigenvalue weighted by atomic mass is 16.4. The van der Waals surface area contributed by atoms with E-state index in [1.54, 1.807) is 6.20 Å². The molecule has 1 N–H and O–H groups in total.